The lowest BCUT2D eigenvalue weighted by Crippen LogP contribution is -2.34. The van der Waals surface area contributed by atoms with Gasteiger partial charge in [-0.1, -0.05) is 35.3 Å². The van der Waals surface area contributed by atoms with Crippen LogP contribution < -0.4 is 9.46 Å². The van der Waals surface area contributed by atoms with E-state index in [1.165, 1.54) is 24.3 Å². The van der Waals surface area contributed by atoms with Crippen LogP contribution in [0.2, 0.25) is 10.0 Å². The van der Waals surface area contributed by atoms with Gasteiger partial charge in [-0.05, 0) is 55.8 Å². The molecule has 29 heavy (non-hydrogen) atoms. The number of nitrogens with zero attached hydrogens (tertiary/aromatic N) is 1. The highest BCUT2D eigenvalue weighted by molar-refractivity contribution is 7.95. The van der Waals surface area contributed by atoms with Crippen LogP contribution in [0.15, 0.2) is 47.9 Å². The Hall–Kier alpha value is -2.22. The first-order valence-corrected chi connectivity index (χ1v) is 11.2. The molecular weight excluding hydrogens is 435 g/mol. The molecule has 1 N–H and O–H groups in total. The number of rotatable bonds is 9. The van der Waals surface area contributed by atoms with Gasteiger partial charge in [-0.2, -0.15) is 0 Å². The number of carbonyl (C=O) groups is 1. The fourth-order valence-corrected chi connectivity index (χ4v) is 3.65. The molecule has 0 radical (unpaired) electrons. The lowest BCUT2D eigenvalue weighted by molar-refractivity contribution is -0.132. The number of benzene rings is 2. The number of amides is 1. The molecule has 0 saturated carbocycles. The van der Waals surface area contributed by atoms with E-state index in [-0.39, 0.29) is 23.2 Å². The van der Waals surface area contributed by atoms with Crippen molar-refractivity contribution in [1.29, 1.82) is 0 Å². The second kappa shape index (κ2) is 10.5. The number of ether oxygens (including phenoxy) is 1. The monoisotopic (exact) mass is 456 g/mol. The van der Waals surface area contributed by atoms with Crippen LogP contribution >= 0.6 is 23.2 Å². The highest BCUT2D eigenvalue weighted by Gasteiger charge is 2.13. The molecule has 2 aromatic carbocycles. The zero-order chi connectivity index (χ0) is 21.4. The van der Waals surface area contributed by atoms with Crippen LogP contribution in [0, 0.1) is 0 Å². The smallest absolute Gasteiger partial charge is 0.260 e. The summed E-state index contributed by atoms with van der Waals surface area (Å²) in [4.78, 5) is 13.6. The van der Waals surface area contributed by atoms with Crippen molar-refractivity contribution in [3.8, 4) is 5.75 Å². The van der Waals surface area contributed by atoms with Gasteiger partial charge in [0.2, 0.25) is 0 Å². The minimum Gasteiger partial charge on any atom is -0.482 e. The molecule has 0 aliphatic rings. The standard InChI is InChI=1S/C20H22Cl2N2O4S/c1-3-24(4-2)20(25)14-28-19-10-9-17(13-18(19)22)23-29(26,27)12-11-15-5-7-16(21)8-6-15/h5-13,23H,3-4,14H2,1-2H3/b12-11+. The first-order chi connectivity index (χ1) is 13.7. The average molecular weight is 457 g/mol. The average Bonchev–Trinajstić information content (AvgIpc) is 2.67. The van der Waals surface area contributed by atoms with Gasteiger partial charge in [-0.15, -0.1) is 0 Å². The van der Waals surface area contributed by atoms with Gasteiger partial charge in [0.25, 0.3) is 15.9 Å². The van der Waals surface area contributed by atoms with Crippen LogP contribution in [0.25, 0.3) is 6.08 Å². The van der Waals surface area contributed by atoms with E-state index >= 15 is 0 Å². The van der Waals surface area contributed by atoms with Gasteiger partial charge < -0.3 is 9.64 Å². The van der Waals surface area contributed by atoms with Gasteiger partial charge in [-0.25, -0.2) is 8.42 Å². The number of nitrogens with one attached hydrogen (secondary N) is 1. The van der Waals surface area contributed by atoms with Crippen LogP contribution in [0.3, 0.4) is 0 Å². The summed E-state index contributed by atoms with van der Waals surface area (Å²) < 4.78 is 32.4. The number of halogens is 2. The number of likely N-dealkylation sites (N-methyl/N-ethyl adjacent to an activating group) is 1. The van der Waals surface area contributed by atoms with E-state index in [9.17, 15) is 13.2 Å². The molecule has 0 aromatic heterocycles. The summed E-state index contributed by atoms with van der Waals surface area (Å²) in [6.45, 7) is 4.82. The molecule has 156 valence electrons. The molecular formula is C20H22Cl2N2O4S. The van der Waals surface area contributed by atoms with Gasteiger partial charge in [0.1, 0.15) is 5.75 Å². The predicted octanol–water partition coefficient (Wildman–Crippen LogP) is 4.65. The van der Waals surface area contributed by atoms with Crippen LogP contribution in [0.4, 0.5) is 5.69 Å². The molecule has 0 unspecified atom stereocenters. The van der Waals surface area contributed by atoms with Crippen molar-refractivity contribution in [3.63, 3.8) is 0 Å². The molecule has 0 aliphatic carbocycles. The Morgan fingerprint density at radius 3 is 2.34 bits per heavy atom. The molecule has 2 rings (SSSR count). The van der Waals surface area contributed by atoms with Crippen molar-refractivity contribution in [2.24, 2.45) is 0 Å². The SMILES string of the molecule is CCN(CC)C(=O)COc1ccc(NS(=O)(=O)/C=C/c2ccc(Cl)cc2)cc1Cl. The fraction of sp³-hybridized carbons (Fsp3) is 0.250. The van der Waals surface area contributed by atoms with E-state index in [1.807, 2.05) is 13.8 Å². The summed E-state index contributed by atoms with van der Waals surface area (Å²) >= 11 is 12.0. The highest BCUT2D eigenvalue weighted by Crippen LogP contribution is 2.28. The molecule has 0 aliphatic heterocycles. The Bertz CT molecular complexity index is 972. The lowest BCUT2D eigenvalue weighted by Gasteiger charge is -2.19. The van der Waals surface area contributed by atoms with Gasteiger partial charge in [0.05, 0.1) is 16.1 Å². The van der Waals surface area contributed by atoms with Crippen molar-refractivity contribution >= 4 is 50.9 Å². The van der Waals surface area contributed by atoms with Crippen LogP contribution in [-0.4, -0.2) is 38.9 Å². The van der Waals surface area contributed by atoms with Crippen LogP contribution in [-0.2, 0) is 14.8 Å². The molecule has 0 heterocycles. The Balaban J connectivity index is 2.01. The summed E-state index contributed by atoms with van der Waals surface area (Å²) in [6, 6.07) is 11.2. The predicted molar refractivity (Wildman–Crippen MR) is 118 cm³/mol. The maximum Gasteiger partial charge on any atom is 0.260 e. The molecule has 2 aromatic rings. The largest absolute Gasteiger partial charge is 0.482 e. The molecule has 6 nitrogen and oxygen atoms in total. The molecule has 0 atom stereocenters. The van der Waals surface area contributed by atoms with Gasteiger partial charge >= 0.3 is 0 Å². The minimum absolute atomic E-state index is 0.143. The molecule has 0 spiro atoms. The molecule has 1 amide bonds. The topological polar surface area (TPSA) is 75.7 Å². The zero-order valence-electron chi connectivity index (χ0n) is 16.1. The second-order valence-corrected chi connectivity index (χ2v) is 8.41. The van der Waals surface area contributed by atoms with Crippen molar-refractivity contribution < 1.29 is 17.9 Å². The third kappa shape index (κ3) is 7.27. The molecule has 9 heteroatoms. The number of hydrogen-bond donors (Lipinski definition) is 1. The first-order valence-electron chi connectivity index (χ1n) is 8.90. The van der Waals surface area contributed by atoms with E-state index in [2.05, 4.69) is 4.72 Å². The van der Waals surface area contributed by atoms with Crippen LogP contribution in [0.1, 0.15) is 19.4 Å². The number of carbonyl (C=O) groups excluding carboxylic acids is 1. The molecule has 0 fully saturated rings. The summed E-state index contributed by atoms with van der Waals surface area (Å²) in [5.74, 6) is 0.148. The normalized spacial score (nSPS) is 11.4. The Morgan fingerprint density at radius 2 is 1.76 bits per heavy atom. The number of anilines is 1. The van der Waals surface area contributed by atoms with Crippen LogP contribution in [0.5, 0.6) is 5.75 Å². The Kier molecular flexibility index (Phi) is 8.37. The molecule has 0 saturated heterocycles. The third-order valence-corrected chi connectivity index (χ3v) is 5.53. The fourth-order valence-electron chi connectivity index (χ4n) is 2.43. The summed E-state index contributed by atoms with van der Waals surface area (Å²) in [7, 11) is -3.74. The maximum atomic E-state index is 12.2. The van der Waals surface area contributed by atoms with Crippen molar-refractivity contribution in [2.75, 3.05) is 24.4 Å². The lowest BCUT2D eigenvalue weighted by atomic mass is 10.2. The highest BCUT2D eigenvalue weighted by atomic mass is 35.5. The van der Waals surface area contributed by atoms with Gasteiger partial charge in [0, 0.05) is 18.1 Å². The quantitative estimate of drug-likeness (QED) is 0.595. The van der Waals surface area contributed by atoms with E-state index in [1.54, 1.807) is 29.2 Å². The van der Waals surface area contributed by atoms with Crippen molar-refractivity contribution in [2.45, 2.75) is 13.8 Å². The third-order valence-electron chi connectivity index (χ3n) is 3.97. The number of hydrogen-bond acceptors (Lipinski definition) is 4. The first kappa shape index (κ1) is 23.1. The summed E-state index contributed by atoms with van der Waals surface area (Å²) in [6.07, 6.45) is 1.45. The Morgan fingerprint density at radius 1 is 1.10 bits per heavy atom. The molecule has 0 bridgehead atoms. The summed E-state index contributed by atoms with van der Waals surface area (Å²) in [5, 5.41) is 1.82. The van der Waals surface area contributed by atoms with Crippen molar-refractivity contribution in [1.82, 2.24) is 4.90 Å². The van der Waals surface area contributed by atoms with Gasteiger partial charge in [0.15, 0.2) is 6.61 Å². The Labute approximate surface area is 181 Å². The zero-order valence-corrected chi connectivity index (χ0v) is 18.4. The van der Waals surface area contributed by atoms with Crippen molar-refractivity contribution in [3.05, 3.63) is 63.5 Å². The number of sulfonamides is 1. The van der Waals surface area contributed by atoms with Gasteiger partial charge in [-0.3, -0.25) is 9.52 Å². The van der Waals surface area contributed by atoms with E-state index < -0.39 is 10.0 Å². The minimum atomic E-state index is -3.74. The van der Waals surface area contributed by atoms with E-state index in [0.29, 0.717) is 29.4 Å². The second-order valence-electron chi connectivity index (χ2n) is 6.00. The van der Waals surface area contributed by atoms with E-state index in [0.717, 1.165) is 5.41 Å². The maximum absolute atomic E-state index is 12.2. The summed E-state index contributed by atoms with van der Waals surface area (Å²) in [5.41, 5.74) is 0.970. The van der Waals surface area contributed by atoms with E-state index in [4.69, 9.17) is 27.9 Å².